The number of nitrogens with zero attached hydrogens (tertiary/aromatic N) is 5. The molecule has 2 heterocycles. The van der Waals surface area contributed by atoms with E-state index < -0.39 is 0 Å². The van der Waals surface area contributed by atoms with Gasteiger partial charge in [0.2, 0.25) is 0 Å². The summed E-state index contributed by atoms with van der Waals surface area (Å²) in [5.41, 5.74) is 2.86. The Morgan fingerprint density at radius 1 is 0.829 bits per heavy atom. The molecule has 0 radical (unpaired) electrons. The molecule has 174 valence electrons. The summed E-state index contributed by atoms with van der Waals surface area (Å²) in [5, 5.41) is 8.79. The molecule has 2 aromatic heterocycles. The summed E-state index contributed by atoms with van der Waals surface area (Å²) in [6.45, 7) is 0. The first-order chi connectivity index (χ1) is 17.2. The van der Waals surface area contributed by atoms with Crippen molar-refractivity contribution in [2.75, 3.05) is 14.2 Å². The van der Waals surface area contributed by atoms with Crippen LogP contribution in [0.3, 0.4) is 0 Å². The normalized spacial score (nSPS) is 10.7. The van der Waals surface area contributed by atoms with E-state index in [2.05, 4.69) is 20.3 Å². The van der Waals surface area contributed by atoms with Crippen LogP contribution in [0.2, 0.25) is 0 Å². The SMILES string of the molecule is COc1ccc(-n2nnc(-c3ccc(F)cc3)c2-c2ccnc(Oc3ccccc3)n2)c(OC)c1. The maximum atomic E-state index is 13.6. The Kier molecular flexibility index (Phi) is 6.04. The van der Waals surface area contributed by atoms with E-state index in [4.69, 9.17) is 14.2 Å². The van der Waals surface area contributed by atoms with Crippen molar-refractivity contribution in [3.8, 4) is 51.6 Å². The molecular formula is C26H20FN5O3. The average molecular weight is 469 g/mol. The molecule has 5 rings (SSSR count). The Labute approximate surface area is 200 Å². The standard InChI is InChI=1S/C26H20FN5O3/c1-33-20-12-13-22(23(16-20)34-2)32-25(24(30-31-32)17-8-10-18(27)11-9-17)21-14-15-28-26(29-21)35-19-6-4-3-5-7-19/h3-16H,1-2H3. The van der Waals surface area contributed by atoms with E-state index in [1.807, 2.05) is 36.4 Å². The smallest absolute Gasteiger partial charge is 0.322 e. The Morgan fingerprint density at radius 3 is 2.37 bits per heavy atom. The fourth-order valence-corrected chi connectivity index (χ4v) is 3.56. The van der Waals surface area contributed by atoms with Gasteiger partial charge in [0.25, 0.3) is 0 Å². The summed E-state index contributed by atoms with van der Waals surface area (Å²) in [7, 11) is 3.14. The highest BCUT2D eigenvalue weighted by Crippen LogP contribution is 2.35. The Bertz CT molecular complexity index is 1460. The largest absolute Gasteiger partial charge is 0.497 e. The maximum absolute atomic E-state index is 13.6. The molecule has 3 aromatic carbocycles. The van der Waals surface area contributed by atoms with E-state index >= 15 is 0 Å². The summed E-state index contributed by atoms with van der Waals surface area (Å²) < 4.78 is 32.0. The summed E-state index contributed by atoms with van der Waals surface area (Å²) in [6, 6.07) is 22.5. The van der Waals surface area contributed by atoms with Crippen molar-refractivity contribution in [1.82, 2.24) is 25.0 Å². The van der Waals surface area contributed by atoms with Gasteiger partial charge in [-0.2, -0.15) is 4.98 Å². The fourth-order valence-electron chi connectivity index (χ4n) is 3.56. The van der Waals surface area contributed by atoms with Gasteiger partial charge < -0.3 is 14.2 Å². The molecule has 0 unspecified atom stereocenters. The summed E-state index contributed by atoms with van der Waals surface area (Å²) in [5.74, 6) is 1.41. The Hall–Kier alpha value is -4.79. The van der Waals surface area contributed by atoms with Gasteiger partial charge in [-0.05, 0) is 54.6 Å². The van der Waals surface area contributed by atoms with Crippen LogP contribution in [0.1, 0.15) is 0 Å². The van der Waals surface area contributed by atoms with Gasteiger partial charge in [0.05, 0.1) is 19.9 Å². The number of hydrogen-bond donors (Lipinski definition) is 0. The number of aromatic nitrogens is 5. The Balaban J connectivity index is 1.67. The van der Waals surface area contributed by atoms with Crippen LogP contribution < -0.4 is 14.2 Å². The van der Waals surface area contributed by atoms with Crippen LogP contribution in [0.4, 0.5) is 4.39 Å². The van der Waals surface area contributed by atoms with Crippen molar-refractivity contribution < 1.29 is 18.6 Å². The zero-order chi connectivity index (χ0) is 24.2. The van der Waals surface area contributed by atoms with Crippen LogP contribution in [-0.2, 0) is 0 Å². The van der Waals surface area contributed by atoms with Crippen molar-refractivity contribution >= 4 is 0 Å². The lowest BCUT2D eigenvalue weighted by molar-refractivity contribution is 0.392. The first-order valence-corrected chi connectivity index (χ1v) is 10.7. The zero-order valence-electron chi connectivity index (χ0n) is 18.9. The molecule has 5 aromatic rings. The van der Waals surface area contributed by atoms with Crippen LogP contribution in [0.25, 0.3) is 28.3 Å². The van der Waals surface area contributed by atoms with Gasteiger partial charge in [-0.3, -0.25) is 0 Å². The highest BCUT2D eigenvalue weighted by molar-refractivity contribution is 5.78. The van der Waals surface area contributed by atoms with Gasteiger partial charge in [0.1, 0.15) is 40.1 Å². The third kappa shape index (κ3) is 4.51. The summed E-state index contributed by atoms with van der Waals surface area (Å²) in [4.78, 5) is 8.86. The van der Waals surface area contributed by atoms with Crippen molar-refractivity contribution in [2.24, 2.45) is 0 Å². The fraction of sp³-hybridized carbons (Fsp3) is 0.0769. The first-order valence-electron chi connectivity index (χ1n) is 10.7. The number of hydrogen-bond acceptors (Lipinski definition) is 7. The minimum atomic E-state index is -0.347. The highest BCUT2D eigenvalue weighted by atomic mass is 19.1. The van der Waals surface area contributed by atoms with Crippen molar-refractivity contribution in [3.05, 3.63) is 90.9 Å². The number of methoxy groups -OCH3 is 2. The van der Waals surface area contributed by atoms with Gasteiger partial charge in [-0.15, -0.1) is 5.10 Å². The van der Waals surface area contributed by atoms with Crippen LogP contribution in [0.15, 0.2) is 85.1 Å². The quantitative estimate of drug-likeness (QED) is 0.318. The van der Waals surface area contributed by atoms with E-state index in [0.717, 1.165) is 0 Å². The van der Waals surface area contributed by atoms with Gasteiger partial charge >= 0.3 is 6.01 Å². The van der Waals surface area contributed by atoms with E-state index in [0.29, 0.717) is 45.6 Å². The molecule has 0 fully saturated rings. The van der Waals surface area contributed by atoms with Crippen molar-refractivity contribution in [2.45, 2.75) is 0 Å². The predicted octanol–water partition coefficient (Wildman–Crippen LogP) is 5.34. The molecule has 0 atom stereocenters. The molecular weight excluding hydrogens is 449 g/mol. The second-order valence-corrected chi connectivity index (χ2v) is 7.38. The number of ether oxygens (including phenoxy) is 3. The molecule has 0 aliphatic heterocycles. The number of para-hydroxylation sites is 1. The molecule has 0 spiro atoms. The van der Waals surface area contributed by atoms with Gasteiger partial charge in [-0.1, -0.05) is 23.4 Å². The molecule has 0 aliphatic rings. The molecule has 0 N–H and O–H groups in total. The molecule has 8 nitrogen and oxygen atoms in total. The van der Waals surface area contributed by atoms with Crippen LogP contribution in [0, 0.1) is 5.82 Å². The van der Waals surface area contributed by atoms with E-state index in [-0.39, 0.29) is 11.8 Å². The number of benzene rings is 3. The first kappa shape index (κ1) is 22.0. The van der Waals surface area contributed by atoms with Crippen molar-refractivity contribution in [3.63, 3.8) is 0 Å². The molecule has 0 bridgehead atoms. The minimum Gasteiger partial charge on any atom is -0.497 e. The predicted molar refractivity (Wildman–Crippen MR) is 127 cm³/mol. The van der Waals surface area contributed by atoms with Crippen molar-refractivity contribution in [1.29, 1.82) is 0 Å². The van der Waals surface area contributed by atoms with Crippen LogP contribution in [0.5, 0.6) is 23.3 Å². The van der Waals surface area contributed by atoms with E-state index in [1.165, 1.54) is 12.1 Å². The molecule has 0 aliphatic carbocycles. The summed E-state index contributed by atoms with van der Waals surface area (Å²) >= 11 is 0. The number of halogens is 1. The van der Waals surface area contributed by atoms with Gasteiger partial charge in [0, 0.05) is 17.8 Å². The maximum Gasteiger partial charge on any atom is 0.322 e. The highest BCUT2D eigenvalue weighted by Gasteiger charge is 2.22. The topological polar surface area (TPSA) is 84.2 Å². The molecule has 9 heteroatoms. The van der Waals surface area contributed by atoms with E-state index in [9.17, 15) is 4.39 Å². The van der Waals surface area contributed by atoms with Gasteiger partial charge in [-0.25, -0.2) is 14.1 Å². The lowest BCUT2D eigenvalue weighted by atomic mass is 10.1. The van der Waals surface area contributed by atoms with E-state index in [1.54, 1.807) is 55.4 Å². The number of rotatable bonds is 7. The minimum absolute atomic E-state index is 0.160. The van der Waals surface area contributed by atoms with Crippen LogP contribution in [-0.4, -0.2) is 39.2 Å². The monoisotopic (exact) mass is 469 g/mol. The Morgan fingerprint density at radius 2 is 1.63 bits per heavy atom. The third-order valence-corrected chi connectivity index (χ3v) is 5.23. The molecule has 0 amide bonds. The molecule has 35 heavy (non-hydrogen) atoms. The third-order valence-electron chi connectivity index (χ3n) is 5.23. The molecule has 0 saturated carbocycles. The second-order valence-electron chi connectivity index (χ2n) is 7.38. The average Bonchev–Trinajstić information content (AvgIpc) is 3.34. The lowest BCUT2D eigenvalue weighted by Crippen LogP contribution is -2.04. The van der Waals surface area contributed by atoms with Crippen LogP contribution >= 0.6 is 0 Å². The lowest BCUT2D eigenvalue weighted by Gasteiger charge is -2.13. The zero-order valence-corrected chi connectivity index (χ0v) is 18.9. The molecule has 0 saturated heterocycles. The van der Waals surface area contributed by atoms with Gasteiger partial charge in [0.15, 0.2) is 0 Å². The second kappa shape index (κ2) is 9.60. The summed E-state index contributed by atoms with van der Waals surface area (Å²) in [6.07, 6.45) is 1.59.